The fourth-order valence-electron chi connectivity index (χ4n) is 2.32. The third-order valence-corrected chi connectivity index (χ3v) is 4.42. The van der Waals surface area contributed by atoms with Crippen LogP contribution in [-0.2, 0) is 6.42 Å². The van der Waals surface area contributed by atoms with Gasteiger partial charge in [0.2, 0.25) is 0 Å². The van der Waals surface area contributed by atoms with E-state index in [1.165, 1.54) is 22.3 Å². The van der Waals surface area contributed by atoms with Gasteiger partial charge in [0, 0.05) is 5.92 Å². The molecule has 20 heavy (non-hydrogen) atoms. The lowest BCUT2D eigenvalue weighted by atomic mass is 9.90. The second kappa shape index (κ2) is 6.42. The van der Waals surface area contributed by atoms with Gasteiger partial charge in [0.1, 0.15) is 5.75 Å². The largest absolute Gasteiger partial charge is 0.507 e. The number of aromatic hydroxyl groups is 1. The van der Waals surface area contributed by atoms with Crippen LogP contribution in [0.3, 0.4) is 0 Å². The Morgan fingerprint density at radius 2 is 1.85 bits per heavy atom. The molecule has 2 nitrogen and oxygen atoms in total. The third kappa shape index (κ3) is 3.41. The van der Waals surface area contributed by atoms with Gasteiger partial charge in [0.25, 0.3) is 0 Å². The van der Waals surface area contributed by atoms with Gasteiger partial charge >= 0.3 is 0 Å². The monoisotopic (exact) mass is 333 g/mol. The predicted octanol–water partition coefficient (Wildman–Crippen LogP) is 4.06. The molecule has 0 bridgehead atoms. The van der Waals surface area contributed by atoms with Crippen molar-refractivity contribution in [2.45, 2.75) is 26.2 Å². The van der Waals surface area contributed by atoms with Gasteiger partial charge in [-0.05, 0) is 77.1 Å². The van der Waals surface area contributed by atoms with E-state index in [2.05, 4.69) is 48.0 Å². The van der Waals surface area contributed by atoms with Crippen molar-refractivity contribution < 1.29 is 5.11 Å². The zero-order valence-corrected chi connectivity index (χ0v) is 13.4. The third-order valence-electron chi connectivity index (χ3n) is 3.78. The summed E-state index contributed by atoms with van der Waals surface area (Å²) in [6.07, 6.45) is 0.873. The highest BCUT2D eigenvalue weighted by Gasteiger charge is 2.12. The summed E-state index contributed by atoms with van der Waals surface area (Å²) in [4.78, 5) is 0. The number of phenols is 1. The van der Waals surface area contributed by atoms with E-state index in [-0.39, 0.29) is 5.75 Å². The predicted molar refractivity (Wildman–Crippen MR) is 87.2 cm³/mol. The standard InChI is InChI=1S/C17H20BrNO/c1-11-3-5-14(7-12(11)2)15(10-19)8-13-4-6-17(20)16(18)9-13/h3-7,9,15,20H,8,10,19H2,1-2H3. The van der Waals surface area contributed by atoms with E-state index >= 15 is 0 Å². The molecule has 3 N–H and O–H groups in total. The van der Waals surface area contributed by atoms with Crippen molar-refractivity contribution in [3.8, 4) is 5.75 Å². The molecular weight excluding hydrogens is 314 g/mol. The van der Waals surface area contributed by atoms with Crippen molar-refractivity contribution >= 4 is 15.9 Å². The van der Waals surface area contributed by atoms with E-state index in [9.17, 15) is 5.11 Å². The first kappa shape index (κ1) is 15.1. The molecule has 2 aromatic carbocycles. The number of phenolic OH excluding ortho intramolecular Hbond substituents is 1. The van der Waals surface area contributed by atoms with Gasteiger partial charge in [-0.2, -0.15) is 0 Å². The maximum Gasteiger partial charge on any atom is 0.129 e. The van der Waals surface area contributed by atoms with Gasteiger partial charge in [0.15, 0.2) is 0 Å². The number of aryl methyl sites for hydroxylation is 2. The van der Waals surface area contributed by atoms with Crippen LogP contribution in [0.15, 0.2) is 40.9 Å². The molecule has 1 atom stereocenters. The molecule has 0 saturated heterocycles. The van der Waals surface area contributed by atoms with E-state index < -0.39 is 0 Å². The molecule has 0 amide bonds. The SMILES string of the molecule is Cc1ccc(C(CN)Cc2ccc(O)c(Br)c2)cc1C. The smallest absolute Gasteiger partial charge is 0.129 e. The van der Waals surface area contributed by atoms with Crippen LogP contribution in [0.5, 0.6) is 5.75 Å². The van der Waals surface area contributed by atoms with Gasteiger partial charge in [0.05, 0.1) is 4.47 Å². The number of halogens is 1. The second-order valence-corrected chi connectivity index (χ2v) is 6.12. The summed E-state index contributed by atoms with van der Waals surface area (Å²) in [5.74, 6) is 0.565. The number of nitrogens with two attached hydrogens (primary N) is 1. The Balaban J connectivity index is 2.23. The summed E-state index contributed by atoms with van der Waals surface area (Å²) in [6, 6.07) is 12.2. The lowest BCUT2D eigenvalue weighted by Gasteiger charge is -2.17. The Morgan fingerprint density at radius 1 is 1.10 bits per heavy atom. The minimum absolute atomic E-state index is 0.268. The topological polar surface area (TPSA) is 46.2 Å². The summed E-state index contributed by atoms with van der Waals surface area (Å²) >= 11 is 3.35. The first-order chi connectivity index (χ1) is 9.51. The summed E-state index contributed by atoms with van der Waals surface area (Å²) in [6.45, 7) is 4.86. The van der Waals surface area contributed by atoms with Gasteiger partial charge in [-0.3, -0.25) is 0 Å². The Morgan fingerprint density at radius 3 is 2.45 bits per heavy atom. The zero-order valence-electron chi connectivity index (χ0n) is 11.9. The highest BCUT2D eigenvalue weighted by molar-refractivity contribution is 9.10. The van der Waals surface area contributed by atoms with Crippen molar-refractivity contribution in [1.29, 1.82) is 0 Å². The summed E-state index contributed by atoms with van der Waals surface area (Å²) in [5.41, 5.74) is 11.0. The van der Waals surface area contributed by atoms with Crippen LogP contribution in [0.4, 0.5) is 0 Å². The van der Waals surface area contributed by atoms with Crippen LogP contribution in [0.1, 0.15) is 28.2 Å². The first-order valence-electron chi connectivity index (χ1n) is 6.76. The number of hydrogen-bond donors (Lipinski definition) is 2. The number of rotatable bonds is 4. The first-order valence-corrected chi connectivity index (χ1v) is 7.55. The average molecular weight is 334 g/mol. The molecule has 0 spiro atoms. The summed E-state index contributed by atoms with van der Waals surface area (Å²) in [7, 11) is 0. The van der Waals surface area contributed by atoms with E-state index in [1.807, 2.05) is 12.1 Å². The van der Waals surface area contributed by atoms with Crippen LogP contribution in [0, 0.1) is 13.8 Å². The van der Waals surface area contributed by atoms with Gasteiger partial charge in [-0.1, -0.05) is 24.3 Å². The molecule has 2 rings (SSSR count). The van der Waals surface area contributed by atoms with Crippen LogP contribution in [-0.4, -0.2) is 11.7 Å². The molecule has 0 aliphatic rings. The lowest BCUT2D eigenvalue weighted by Crippen LogP contribution is -2.15. The molecule has 0 aliphatic carbocycles. The normalized spacial score (nSPS) is 12.4. The maximum absolute atomic E-state index is 9.55. The van der Waals surface area contributed by atoms with E-state index in [0.29, 0.717) is 12.5 Å². The average Bonchev–Trinajstić information content (AvgIpc) is 2.43. The van der Waals surface area contributed by atoms with Gasteiger partial charge in [-0.15, -0.1) is 0 Å². The molecule has 106 valence electrons. The molecule has 0 fully saturated rings. The maximum atomic E-state index is 9.55. The van der Waals surface area contributed by atoms with Crippen molar-refractivity contribution in [2.75, 3.05) is 6.54 Å². The molecule has 3 heteroatoms. The molecule has 2 aromatic rings. The molecule has 0 radical (unpaired) electrons. The Labute approximate surface area is 128 Å². The molecule has 0 saturated carbocycles. The fraction of sp³-hybridized carbons (Fsp3) is 0.294. The molecule has 0 aliphatic heterocycles. The van der Waals surface area contributed by atoms with E-state index in [1.54, 1.807) is 6.07 Å². The Hall–Kier alpha value is -1.32. The highest BCUT2D eigenvalue weighted by Crippen LogP contribution is 2.28. The molecule has 0 aromatic heterocycles. The fourth-order valence-corrected chi connectivity index (χ4v) is 2.74. The number of hydrogen-bond acceptors (Lipinski definition) is 2. The molecule has 1 unspecified atom stereocenters. The Bertz CT molecular complexity index is 610. The minimum atomic E-state index is 0.268. The van der Waals surface area contributed by atoms with Crippen molar-refractivity contribution in [3.05, 3.63) is 63.1 Å². The van der Waals surface area contributed by atoms with Crippen molar-refractivity contribution in [1.82, 2.24) is 0 Å². The van der Waals surface area contributed by atoms with Gasteiger partial charge < -0.3 is 10.8 Å². The van der Waals surface area contributed by atoms with Crippen LogP contribution in [0.2, 0.25) is 0 Å². The molecule has 0 heterocycles. The summed E-state index contributed by atoms with van der Waals surface area (Å²) in [5, 5.41) is 9.55. The van der Waals surface area contributed by atoms with Crippen LogP contribution < -0.4 is 5.73 Å². The minimum Gasteiger partial charge on any atom is -0.507 e. The van der Waals surface area contributed by atoms with Crippen LogP contribution >= 0.6 is 15.9 Å². The zero-order chi connectivity index (χ0) is 14.7. The number of benzene rings is 2. The highest BCUT2D eigenvalue weighted by atomic mass is 79.9. The second-order valence-electron chi connectivity index (χ2n) is 5.27. The molecular formula is C17H20BrNO. The van der Waals surface area contributed by atoms with E-state index in [0.717, 1.165) is 10.9 Å². The van der Waals surface area contributed by atoms with Gasteiger partial charge in [-0.25, -0.2) is 0 Å². The van der Waals surface area contributed by atoms with Crippen molar-refractivity contribution in [3.63, 3.8) is 0 Å². The van der Waals surface area contributed by atoms with Crippen molar-refractivity contribution in [2.24, 2.45) is 5.73 Å². The summed E-state index contributed by atoms with van der Waals surface area (Å²) < 4.78 is 0.728. The van der Waals surface area contributed by atoms with Crippen LogP contribution in [0.25, 0.3) is 0 Å². The quantitative estimate of drug-likeness (QED) is 0.886. The Kier molecular flexibility index (Phi) is 4.84. The lowest BCUT2D eigenvalue weighted by molar-refractivity contribution is 0.471. The van der Waals surface area contributed by atoms with E-state index in [4.69, 9.17) is 5.73 Å².